The summed E-state index contributed by atoms with van der Waals surface area (Å²) in [4.78, 5) is 10.5. The van der Waals surface area contributed by atoms with Gasteiger partial charge in [-0.15, -0.1) is 0 Å². The van der Waals surface area contributed by atoms with Gasteiger partial charge in [0.15, 0.2) is 0 Å². The maximum absolute atomic E-state index is 9.71. The second-order valence-corrected chi connectivity index (χ2v) is 1.11. The standard InChI is InChI=1S/CHN5O2.N3.Na/c7-6(8)1-2-4-5-3-1;1-3-2;/h(H,2,3,4,5);;/q;-1;/p+1. The van der Waals surface area contributed by atoms with Gasteiger partial charge in [-0.05, 0) is 0 Å². The van der Waals surface area contributed by atoms with Gasteiger partial charge in [-0.3, -0.25) is 4.91 Å². The second-order valence-electron chi connectivity index (χ2n) is 1.11. The Balaban J connectivity index is 0. The molecule has 0 bridgehead atoms. The van der Waals surface area contributed by atoms with Crippen molar-refractivity contribution in [1.29, 1.82) is 0 Å². The van der Waals surface area contributed by atoms with Gasteiger partial charge >= 0.3 is 5.95 Å². The van der Waals surface area contributed by atoms with E-state index >= 15 is 0 Å². The zero-order chi connectivity index (χ0) is 8.69. The van der Waals surface area contributed by atoms with Crippen LogP contribution in [0.3, 0.4) is 0 Å². The fourth-order valence-corrected chi connectivity index (χ4v) is 0.255. The summed E-state index contributed by atoms with van der Waals surface area (Å²) in [7, 11) is 0. The summed E-state index contributed by atoms with van der Waals surface area (Å²) in [6.07, 6.45) is 0. The number of aromatic nitrogens is 4. The first-order chi connectivity index (χ1) is 5.22. The summed E-state index contributed by atoms with van der Waals surface area (Å²) in [5.41, 5.74) is 13.5. The van der Waals surface area contributed by atoms with E-state index in [1.807, 2.05) is 0 Å². The van der Waals surface area contributed by atoms with E-state index in [2.05, 4.69) is 20.6 Å². The average Bonchev–Trinajstić information content (AvgIpc) is 2.38. The molecule has 1 aromatic heterocycles. The molecular formula is CH2N8NaO2. The van der Waals surface area contributed by atoms with Crippen LogP contribution in [0.4, 0.5) is 5.95 Å². The summed E-state index contributed by atoms with van der Waals surface area (Å²) in [5, 5.41) is 20.0. The number of hydrogen-bond acceptors (Lipinski definition) is 4. The number of H-pyrrole nitrogens is 2. The number of nitro groups is 1. The first-order valence-electron chi connectivity index (χ1n) is 2.14. The molecule has 0 atom stereocenters. The van der Waals surface area contributed by atoms with Crippen LogP contribution in [0.5, 0.6) is 0 Å². The van der Waals surface area contributed by atoms with Gasteiger partial charge in [0.1, 0.15) is 5.21 Å². The van der Waals surface area contributed by atoms with Gasteiger partial charge < -0.3 is 21.2 Å². The number of tetrazole rings is 1. The quantitative estimate of drug-likeness (QED) is 0.147. The molecule has 0 spiro atoms. The minimum atomic E-state index is -0.677. The van der Waals surface area contributed by atoms with Crippen LogP contribution in [-0.2, 0) is 0 Å². The molecule has 0 aliphatic heterocycles. The zero-order valence-corrected chi connectivity index (χ0v) is 8.00. The summed E-state index contributed by atoms with van der Waals surface area (Å²) in [5.74, 6) is -0.384. The molecule has 0 aliphatic carbocycles. The van der Waals surface area contributed by atoms with Crippen molar-refractivity contribution < 1.29 is 10.0 Å². The molecule has 0 saturated heterocycles. The maximum atomic E-state index is 9.71. The third kappa shape index (κ3) is 5.56. The SMILES string of the molecule is O=[N+]([O-])c1nn[nH][nH+]1.[N-]=[N+]=[N-].[Na]. The molecule has 0 saturated carbocycles. The van der Waals surface area contributed by atoms with E-state index in [1.54, 1.807) is 0 Å². The van der Waals surface area contributed by atoms with Gasteiger partial charge in [-0.25, -0.2) is 0 Å². The molecule has 0 aromatic carbocycles. The van der Waals surface area contributed by atoms with Crippen molar-refractivity contribution in [3.63, 3.8) is 0 Å². The van der Waals surface area contributed by atoms with E-state index in [9.17, 15) is 10.1 Å². The van der Waals surface area contributed by atoms with Crippen LogP contribution in [0.2, 0.25) is 0 Å². The van der Waals surface area contributed by atoms with E-state index in [1.165, 1.54) is 4.91 Å². The molecule has 10 nitrogen and oxygen atoms in total. The Morgan fingerprint density at radius 2 is 2.17 bits per heavy atom. The Morgan fingerprint density at radius 3 is 2.33 bits per heavy atom. The van der Waals surface area contributed by atoms with Gasteiger partial charge in [0, 0.05) is 29.6 Å². The van der Waals surface area contributed by atoms with E-state index in [4.69, 9.17) is 11.1 Å². The topological polar surface area (TPSA) is 158 Å². The molecule has 1 radical (unpaired) electrons. The second kappa shape index (κ2) is 7.88. The fraction of sp³-hybridized carbons (Fsp3) is 0. The summed E-state index contributed by atoms with van der Waals surface area (Å²) in [6, 6.07) is 0. The van der Waals surface area contributed by atoms with Crippen molar-refractivity contribution in [2.24, 2.45) is 0 Å². The molecule has 2 N–H and O–H groups in total. The summed E-state index contributed by atoms with van der Waals surface area (Å²) < 4.78 is 0. The number of hydrogen-bond donors (Lipinski definition) is 1. The largest absolute Gasteiger partial charge is 0.675 e. The third-order valence-corrected chi connectivity index (χ3v) is 0.535. The Bertz CT molecular complexity index is 248. The van der Waals surface area contributed by atoms with Gasteiger partial charge in [-0.2, -0.15) is 0 Å². The van der Waals surface area contributed by atoms with Crippen molar-refractivity contribution in [3.05, 3.63) is 26.1 Å². The monoisotopic (exact) mass is 181 g/mol. The molecular weight excluding hydrogens is 179 g/mol. The van der Waals surface area contributed by atoms with Crippen LogP contribution in [0.15, 0.2) is 0 Å². The average molecular weight is 181 g/mol. The Morgan fingerprint density at radius 1 is 1.67 bits per heavy atom. The Kier molecular flexibility index (Phi) is 8.79. The Hall–Kier alpha value is -1.22. The number of nitrogens with zero attached hydrogens (tertiary/aromatic N) is 6. The Labute approximate surface area is 87.2 Å². The molecule has 11 heteroatoms. The number of nitrogens with one attached hydrogen (secondary N) is 2. The van der Waals surface area contributed by atoms with Crippen molar-refractivity contribution >= 4 is 35.5 Å². The first-order valence-corrected chi connectivity index (χ1v) is 2.14. The molecule has 1 rings (SSSR count). The predicted molar refractivity (Wildman–Crippen MR) is 35.4 cm³/mol. The molecule has 12 heavy (non-hydrogen) atoms. The van der Waals surface area contributed by atoms with E-state index < -0.39 is 4.92 Å². The number of aromatic amines is 2. The molecule has 1 aromatic rings. The molecule has 1 heterocycles. The third-order valence-electron chi connectivity index (χ3n) is 0.535. The van der Waals surface area contributed by atoms with Crippen LogP contribution in [0.1, 0.15) is 0 Å². The van der Waals surface area contributed by atoms with Crippen molar-refractivity contribution in [2.45, 2.75) is 0 Å². The fourth-order valence-electron chi connectivity index (χ4n) is 0.255. The molecule has 0 unspecified atom stereocenters. The molecule has 0 fully saturated rings. The predicted octanol–water partition coefficient (Wildman–Crippen LogP) is -0.988. The van der Waals surface area contributed by atoms with Gasteiger partial charge in [0.05, 0.1) is 4.92 Å². The van der Waals surface area contributed by atoms with Crippen LogP contribution in [0, 0.1) is 10.1 Å². The summed E-state index contributed by atoms with van der Waals surface area (Å²) in [6.45, 7) is 0. The van der Waals surface area contributed by atoms with E-state index in [0.29, 0.717) is 0 Å². The number of rotatable bonds is 1. The molecule has 0 amide bonds. The van der Waals surface area contributed by atoms with E-state index in [-0.39, 0.29) is 35.5 Å². The first kappa shape index (κ1) is 13.4. The minimum absolute atomic E-state index is 0. The van der Waals surface area contributed by atoms with E-state index in [0.717, 1.165) is 0 Å². The van der Waals surface area contributed by atoms with Crippen molar-refractivity contribution in [2.75, 3.05) is 0 Å². The van der Waals surface area contributed by atoms with Gasteiger partial charge in [-0.1, -0.05) is 10.3 Å². The van der Waals surface area contributed by atoms with Crippen LogP contribution in [-0.4, -0.2) is 50.0 Å². The van der Waals surface area contributed by atoms with Crippen molar-refractivity contribution in [3.8, 4) is 0 Å². The van der Waals surface area contributed by atoms with Gasteiger partial charge in [0.25, 0.3) is 0 Å². The molecule has 59 valence electrons. The van der Waals surface area contributed by atoms with Crippen LogP contribution < -0.4 is 5.10 Å². The van der Waals surface area contributed by atoms with Gasteiger partial charge in [0.2, 0.25) is 5.10 Å². The summed E-state index contributed by atoms with van der Waals surface area (Å²) >= 11 is 0. The molecule has 0 aliphatic rings. The zero-order valence-electron chi connectivity index (χ0n) is 6.00. The maximum Gasteiger partial charge on any atom is 0.675 e. The van der Waals surface area contributed by atoms with Crippen molar-refractivity contribution in [1.82, 2.24) is 15.5 Å². The normalized spacial score (nSPS) is 6.67. The van der Waals surface area contributed by atoms with Crippen LogP contribution in [0.25, 0.3) is 16.0 Å². The minimum Gasteiger partial charge on any atom is -0.373 e. The van der Waals surface area contributed by atoms with Crippen LogP contribution >= 0.6 is 0 Å². The smallest absolute Gasteiger partial charge is 0.373 e.